The maximum Gasteiger partial charge on any atom is 0.338 e. The number of rotatable bonds is 5. The standard InChI is InChI=1S/C12H13F3O2/c1-2-3-4-5-17-12(16)8-6-9(13)11(15)10(14)7-8/h6-7H,2-5H2,1H3. The van der Waals surface area contributed by atoms with E-state index in [1.54, 1.807) is 0 Å². The zero-order chi connectivity index (χ0) is 12.8. The average molecular weight is 246 g/mol. The molecule has 0 saturated carbocycles. The SMILES string of the molecule is CCCCCOC(=O)c1cc(F)c(F)c(F)c1. The zero-order valence-electron chi connectivity index (χ0n) is 9.43. The van der Waals surface area contributed by atoms with Gasteiger partial charge in [-0.25, -0.2) is 18.0 Å². The van der Waals surface area contributed by atoms with Crippen LogP contribution in [0.15, 0.2) is 12.1 Å². The minimum atomic E-state index is -1.59. The Balaban J connectivity index is 2.63. The zero-order valence-corrected chi connectivity index (χ0v) is 9.43. The highest BCUT2D eigenvalue weighted by Gasteiger charge is 2.15. The van der Waals surface area contributed by atoms with Gasteiger partial charge in [-0.2, -0.15) is 0 Å². The molecule has 0 bridgehead atoms. The van der Waals surface area contributed by atoms with Gasteiger partial charge in [0.1, 0.15) is 0 Å². The molecule has 0 N–H and O–H groups in total. The van der Waals surface area contributed by atoms with Gasteiger partial charge in [-0.1, -0.05) is 19.8 Å². The number of halogens is 3. The Morgan fingerprint density at radius 2 is 1.76 bits per heavy atom. The van der Waals surface area contributed by atoms with Crippen molar-refractivity contribution in [3.8, 4) is 0 Å². The van der Waals surface area contributed by atoms with Gasteiger partial charge >= 0.3 is 5.97 Å². The normalized spacial score (nSPS) is 10.4. The van der Waals surface area contributed by atoms with E-state index in [2.05, 4.69) is 0 Å². The molecule has 0 aliphatic heterocycles. The quantitative estimate of drug-likeness (QED) is 0.452. The summed E-state index contributed by atoms with van der Waals surface area (Å²) >= 11 is 0. The number of esters is 1. The van der Waals surface area contributed by atoms with Crippen molar-refractivity contribution in [1.82, 2.24) is 0 Å². The second kappa shape index (κ2) is 6.27. The Labute approximate surface area is 97.4 Å². The second-order valence-corrected chi connectivity index (χ2v) is 3.60. The molecule has 0 fully saturated rings. The van der Waals surface area contributed by atoms with Crippen LogP contribution >= 0.6 is 0 Å². The first-order valence-electron chi connectivity index (χ1n) is 5.38. The molecule has 0 aliphatic rings. The Kier molecular flexibility index (Phi) is 5.00. The number of carbonyl (C=O) groups excluding carboxylic acids is 1. The minimum Gasteiger partial charge on any atom is -0.462 e. The van der Waals surface area contributed by atoms with Gasteiger partial charge in [-0.15, -0.1) is 0 Å². The molecule has 0 radical (unpaired) electrons. The summed E-state index contributed by atoms with van der Waals surface area (Å²) < 4.78 is 43.1. The van der Waals surface area contributed by atoms with Gasteiger partial charge in [0.05, 0.1) is 12.2 Å². The number of unbranched alkanes of at least 4 members (excludes halogenated alkanes) is 2. The van der Waals surface area contributed by atoms with Crippen LogP contribution in [-0.2, 0) is 4.74 Å². The van der Waals surface area contributed by atoms with E-state index in [1.165, 1.54) is 0 Å². The maximum absolute atomic E-state index is 12.8. The lowest BCUT2D eigenvalue weighted by molar-refractivity contribution is 0.0496. The molecular formula is C12H13F3O2. The third-order valence-corrected chi connectivity index (χ3v) is 2.20. The van der Waals surface area contributed by atoms with E-state index in [0.717, 1.165) is 12.8 Å². The average Bonchev–Trinajstić information content (AvgIpc) is 2.30. The maximum atomic E-state index is 12.8. The van der Waals surface area contributed by atoms with Crippen molar-refractivity contribution in [3.05, 3.63) is 35.1 Å². The fourth-order valence-corrected chi connectivity index (χ4v) is 1.27. The lowest BCUT2D eigenvalue weighted by Gasteiger charge is -2.05. The largest absolute Gasteiger partial charge is 0.462 e. The predicted octanol–water partition coefficient (Wildman–Crippen LogP) is 3.45. The van der Waals surface area contributed by atoms with Gasteiger partial charge in [0.25, 0.3) is 0 Å². The van der Waals surface area contributed by atoms with Crippen LogP contribution in [0, 0.1) is 17.5 Å². The van der Waals surface area contributed by atoms with Crippen LogP contribution in [0.2, 0.25) is 0 Å². The highest BCUT2D eigenvalue weighted by atomic mass is 19.2. The molecule has 2 nitrogen and oxygen atoms in total. The molecule has 1 rings (SSSR count). The van der Waals surface area contributed by atoms with Gasteiger partial charge in [-0.05, 0) is 18.6 Å². The first-order chi connectivity index (χ1) is 8.06. The number of ether oxygens (including phenoxy) is 1. The third-order valence-electron chi connectivity index (χ3n) is 2.20. The number of hydrogen-bond acceptors (Lipinski definition) is 2. The molecule has 0 saturated heterocycles. The second-order valence-electron chi connectivity index (χ2n) is 3.60. The Hall–Kier alpha value is -1.52. The summed E-state index contributed by atoms with van der Waals surface area (Å²) in [7, 11) is 0. The molecule has 0 aromatic heterocycles. The van der Waals surface area contributed by atoms with E-state index in [4.69, 9.17) is 4.74 Å². The highest BCUT2D eigenvalue weighted by Crippen LogP contribution is 2.14. The number of hydrogen-bond donors (Lipinski definition) is 0. The third kappa shape index (κ3) is 3.76. The summed E-state index contributed by atoms with van der Waals surface area (Å²) in [5, 5.41) is 0. The molecule has 1 aromatic carbocycles. The highest BCUT2D eigenvalue weighted by molar-refractivity contribution is 5.89. The Morgan fingerprint density at radius 1 is 1.18 bits per heavy atom. The summed E-state index contributed by atoms with van der Waals surface area (Å²) in [6, 6.07) is 1.25. The van der Waals surface area contributed by atoms with Gasteiger partial charge < -0.3 is 4.74 Å². The van der Waals surface area contributed by atoms with E-state index in [-0.39, 0.29) is 12.2 Å². The number of carbonyl (C=O) groups is 1. The summed E-state index contributed by atoms with van der Waals surface area (Å²) in [4.78, 5) is 11.3. The summed E-state index contributed by atoms with van der Waals surface area (Å²) in [5.41, 5.74) is -0.321. The van der Waals surface area contributed by atoms with Crippen molar-refractivity contribution in [2.45, 2.75) is 26.2 Å². The van der Waals surface area contributed by atoms with E-state index in [0.29, 0.717) is 18.6 Å². The molecule has 94 valence electrons. The number of benzene rings is 1. The van der Waals surface area contributed by atoms with Gasteiger partial charge in [-0.3, -0.25) is 0 Å². The van der Waals surface area contributed by atoms with E-state index < -0.39 is 23.4 Å². The molecule has 17 heavy (non-hydrogen) atoms. The van der Waals surface area contributed by atoms with Crippen molar-refractivity contribution in [2.75, 3.05) is 6.61 Å². The van der Waals surface area contributed by atoms with Gasteiger partial charge in [0, 0.05) is 0 Å². The summed E-state index contributed by atoms with van der Waals surface area (Å²) in [5.74, 6) is -5.23. The lowest BCUT2D eigenvalue weighted by atomic mass is 10.2. The van der Waals surface area contributed by atoms with Crippen molar-refractivity contribution >= 4 is 5.97 Å². The van der Waals surface area contributed by atoms with E-state index in [9.17, 15) is 18.0 Å². The first-order valence-corrected chi connectivity index (χ1v) is 5.38. The van der Waals surface area contributed by atoms with Crippen LogP contribution in [-0.4, -0.2) is 12.6 Å². The molecule has 0 spiro atoms. The van der Waals surface area contributed by atoms with Crippen LogP contribution in [0.25, 0.3) is 0 Å². The predicted molar refractivity (Wildman–Crippen MR) is 56.1 cm³/mol. The van der Waals surface area contributed by atoms with Gasteiger partial charge in [0.2, 0.25) is 0 Å². The fourth-order valence-electron chi connectivity index (χ4n) is 1.27. The molecular weight excluding hydrogens is 233 g/mol. The van der Waals surface area contributed by atoms with Crippen LogP contribution in [0.1, 0.15) is 36.5 Å². The monoisotopic (exact) mass is 246 g/mol. The van der Waals surface area contributed by atoms with E-state index in [1.807, 2.05) is 6.92 Å². The van der Waals surface area contributed by atoms with Crippen LogP contribution < -0.4 is 0 Å². The van der Waals surface area contributed by atoms with Crippen LogP contribution in [0.4, 0.5) is 13.2 Å². The fraction of sp³-hybridized carbons (Fsp3) is 0.417. The first kappa shape index (κ1) is 13.5. The molecule has 0 amide bonds. The molecule has 5 heteroatoms. The Morgan fingerprint density at radius 3 is 2.29 bits per heavy atom. The molecule has 0 heterocycles. The summed E-state index contributed by atoms with van der Waals surface area (Å²) in [6.07, 6.45) is 2.56. The summed E-state index contributed by atoms with van der Waals surface area (Å²) in [6.45, 7) is 2.18. The van der Waals surface area contributed by atoms with Crippen molar-refractivity contribution in [2.24, 2.45) is 0 Å². The van der Waals surface area contributed by atoms with Gasteiger partial charge in [0.15, 0.2) is 17.5 Å². The topological polar surface area (TPSA) is 26.3 Å². The van der Waals surface area contributed by atoms with Crippen molar-refractivity contribution in [3.63, 3.8) is 0 Å². The molecule has 0 unspecified atom stereocenters. The van der Waals surface area contributed by atoms with Crippen LogP contribution in [0.5, 0.6) is 0 Å². The van der Waals surface area contributed by atoms with Crippen molar-refractivity contribution < 1.29 is 22.7 Å². The van der Waals surface area contributed by atoms with Crippen molar-refractivity contribution in [1.29, 1.82) is 0 Å². The van der Waals surface area contributed by atoms with E-state index >= 15 is 0 Å². The molecule has 0 aliphatic carbocycles. The Bertz CT molecular complexity index is 382. The molecule has 1 aromatic rings. The minimum absolute atomic E-state index is 0.188. The van der Waals surface area contributed by atoms with Crippen LogP contribution in [0.3, 0.4) is 0 Å². The molecule has 0 atom stereocenters. The smallest absolute Gasteiger partial charge is 0.338 e. The lowest BCUT2D eigenvalue weighted by Crippen LogP contribution is -2.08.